The van der Waals surface area contributed by atoms with Crippen molar-refractivity contribution >= 4 is 28.7 Å². The van der Waals surface area contributed by atoms with Crippen LogP contribution in [0.2, 0.25) is 0 Å². The lowest BCUT2D eigenvalue weighted by atomic mass is 10.1. The molecule has 1 aliphatic rings. The number of aromatic nitrogens is 1. The molecule has 1 aromatic heterocycles. The number of carbonyl (C=O) groups excluding carboxylic acids is 2. The number of carbonyl (C=O) groups is 2. The van der Waals surface area contributed by atoms with E-state index in [0.29, 0.717) is 11.6 Å². The van der Waals surface area contributed by atoms with Gasteiger partial charge in [0.25, 0.3) is 11.7 Å². The average Bonchev–Trinajstić information content (AvgIpc) is 3.00. The SMILES string of the molecule is CC(C)c1nc(CN2C(=O)C(=O)c3cccc(F)c32)cs1. The number of Topliss-reactive ketones (excluding diaryl/α,β-unsaturated/α-hetero) is 1. The summed E-state index contributed by atoms with van der Waals surface area (Å²) in [7, 11) is 0. The van der Waals surface area contributed by atoms with Crippen molar-refractivity contribution < 1.29 is 14.0 Å². The highest BCUT2D eigenvalue weighted by Gasteiger charge is 2.38. The summed E-state index contributed by atoms with van der Waals surface area (Å²) in [6.45, 7) is 4.17. The van der Waals surface area contributed by atoms with Crippen LogP contribution in [0.4, 0.5) is 10.1 Å². The Balaban J connectivity index is 1.96. The largest absolute Gasteiger partial charge is 0.299 e. The van der Waals surface area contributed by atoms with E-state index in [1.807, 2.05) is 19.2 Å². The molecule has 0 N–H and O–H groups in total. The summed E-state index contributed by atoms with van der Waals surface area (Å²) in [5, 5.41) is 2.79. The molecule has 0 spiro atoms. The number of hydrogen-bond acceptors (Lipinski definition) is 4. The number of ketones is 1. The van der Waals surface area contributed by atoms with E-state index < -0.39 is 17.5 Å². The van der Waals surface area contributed by atoms with Gasteiger partial charge >= 0.3 is 0 Å². The molecule has 0 bridgehead atoms. The van der Waals surface area contributed by atoms with Gasteiger partial charge in [-0.15, -0.1) is 11.3 Å². The zero-order valence-electron chi connectivity index (χ0n) is 11.6. The topological polar surface area (TPSA) is 50.3 Å². The van der Waals surface area contributed by atoms with E-state index in [2.05, 4.69) is 4.98 Å². The first kappa shape index (κ1) is 13.9. The Morgan fingerprint density at radius 2 is 2.10 bits per heavy atom. The summed E-state index contributed by atoms with van der Waals surface area (Å²) in [4.78, 5) is 29.5. The molecule has 21 heavy (non-hydrogen) atoms. The second-order valence-corrected chi connectivity index (χ2v) is 6.08. The van der Waals surface area contributed by atoms with Crippen LogP contribution in [-0.4, -0.2) is 16.7 Å². The van der Waals surface area contributed by atoms with Crippen molar-refractivity contribution in [2.45, 2.75) is 26.3 Å². The first-order valence-corrected chi connectivity index (χ1v) is 7.46. The van der Waals surface area contributed by atoms with Crippen molar-refractivity contribution in [1.82, 2.24) is 4.98 Å². The molecule has 1 amide bonds. The fourth-order valence-electron chi connectivity index (χ4n) is 2.29. The number of rotatable bonds is 3. The molecule has 0 saturated heterocycles. The molecule has 0 atom stereocenters. The normalized spacial score (nSPS) is 14.2. The van der Waals surface area contributed by atoms with Crippen molar-refractivity contribution in [3.63, 3.8) is 0 Å². The van der Waals surface area contributed by atoms with Crippen molar-refractivity contribution in [3.8, 4) is 0 Å². The van der Waals surface area contributed by atoms with E-state index in [-0.39, 0.29) is 17.8 Å². The van der Waals surface area contributed by atoms with E-state index in [9.17, 15) is 14.0 Å². The van der Waals surface area contributed by atoms with Gasteiger partial charge in [0.05, 0.1) is 28.5 Å². The minimum absolute atomic E-state index is 0.0617. The third kappa shape index (κ3) is 2.25. The number of nitrogens with zero attached hydrogens (tertiary/aromatic N) is 2. The molecule has 4 nitrogen and oxygen atoms in total. The van der Waals surface area contributed by atoms with E-state index in [0.717, 1.165) is 5.01 Å². The molecule has 0 fully saturated rings. The summed E-state index contributed by atoms with van der Waals surface area (Å²) < 4.78 is 14.0. The zero-order chi connectivity index (χ0) is 15.1. The van der Waals surface area contributed by atoms with Gasteiger partial charge in [0.2, 0.25) is 0 Å². The maximum Gasteiger partial charge on any atom is 0.299 e. The predicted octanol–water partition coefficient (Wildman–Crippen LogP) is 3.14. The number of para-hydroxylation sites is 1. The van der Waals surface area contributed by atoms with E-state index in [1.54, 1.807) is 0 Å². The first-order chi connectivity index (χ1) is 9.99. The molecule has 0 unspecified atom stereocenters. The van der Waals surface area contributed by atoms with Gasteiger partial charge in [-0.2, -0.15) is 0 Å². The van der Waals surface area contributed by atoms with Crippen LogP contribution < -0.4 is 4.90 Å². The summed E-state index contributed by atoms with van der Waals surface area (Å²) >= 11 is 1.50. The van der Waals surface area contributed by atoms with Crippen LogP contribution in [0.1, 0.15) is 40.8 Å². The summed E-state index contributed by atoms with van der Waals surface area (Å²) in [6, 6.07) is 4.15. The Labute approximate surface area is 125 Å². The lowest BCUT2D eigenvalue weighted by molar-refractivity contribution is -0.114. The Morgan fingerprint density at radius 1 is 1.33 bits per heavy atom. The Morgan fingerprint density at radius 3 is 2.76 bits per heavy atom. The van der Waals surface area contributed by atoms with E-state index in [1.165, 1.54) is 34.4 Å². The number of anilines is 1. The number of amides is 1. The molecule has 6 heteroatoms. The molecule has 3 rings (SSSR count). The molecule has 0 radical (unpaired) electrons. The maximum atomic E-state index is 14.0. The van der Waals surface area contributed by atoms with E-state index >= 15 is 0 Å². The van der Waals surface area contributed by atoms with Gasteiger partial charge in [-0.1, -0.05) is 19.9 Å². The van der Waals surface area contributed by atoms with Crippen molar-refractivity contribution in [1.29, 1.82) is 0 Å². The van der Waals surface area contributed by atoms with Crippen molar-refractivity contribution in [2.75, 3.05) is 4.90 Å². The standard InChI is InChI=1S/C15H13FN2O2S/c1-8(2)14-17-9(7-21-14)6-18-12-10(13(19)15(18)20)4-3-5-11(12)16/h3-5,7-8H,6H2,1-2H3. The van der Waals surface area contributed by atoms with Gasteiger partial charge in [-0.3, -0.25) is 14.5 Å². The third-order valence-electron chi connectivity index (χ3n) is 3.32. The highest BCUT2D eigenvalue weighted by Crippen LogP contribution is 2.33. The van der Waals surface area contributed by atoms with Crippen LogP contribution >= 0.6 is 11.3 Å². The second-order valence-electron chi connectivity index (χ2n) is 5.19. The Hall–Kier alpha value is -2.08. The van der Waals surface area contributed by atoms with Gasteiger partial charge in [0.15, 0.2) is 0 Å². The molecule has 2 aromatic rings. The van der Waals surface area contributed by atoms with Crippen LogP contribution in [0.25, 0.3) is 0 Å². The monoisotopic (exact) mass is 304 g/mol. The molecule has 2 heterocycles. The van der Waals surface area contributed by atoms with Crippen molar-refractivity contribution in [2.24, 2.45) is 0 Å². The fraction of sp³-hybridized carbons (Fsp3) is 0.267. The van der Waals surface area contributed by atoms with Gasteiger partial charge < -0.3 is 0 Å². The quantitative estimate of drug-likeness (QED) is 0.819. The van der Waals surface area contributed by atoms with Crippen LogP contribution in [0.3, 0.4) is 0 Å². The maximum absolute atomic E-state index is 14.0. The third-order valence-corrected chi connectivity index (χ3v) is 4.52. The summed E-state index contributed by atoms with van der Waals surface area (Å²) in [5.41, 5.74) is 0.854. The molecule has 1 aliphatic heterocycles. The lowest BCUT2D eigenvalue weighted by Gasteiger charge is -2.15. The number of fused-ring (bicyclic) bond motifs is 1. The van der Waals surface area contributed by atoms with Gasteiger partial charge in [0.1, 0.15) is 5.82 Å². The minimum atomic E-state index is -0.700. The second kappa shape index (κ2) is 5.04. The summed E-state index contributed by atoms with van der Waals surface area (Å²) in [5.74, 6) is -1.63. The first-order valence-electron chi connectivity index (χ1n) is 6.58. The van der Waals surface area contributed by atoms with Crippen LogP contribution in [0, 0.1) is 5.82 Å². The molecular formula is C15H13FN2O2S. The molecule has 1 aromatic carbocycles. The number of benzene rings is 1. The highest BCUT2D eigenvalue weighted by molar-refractivity contribution is 7.09. The van der Waals surface area contributed by atoms with Gasteiger partial charge in [0, 0.05) is 11.3 Å². The number of thiazole rings is 1. The van der Waals surface area contributed by atoms with Crippen LogP contribution in [-0.2, 0) is 11.3 Å². The smallest absolute Gasteiger partial charge is 0.296 e. The van der Waals surface area contributed by atoms with Crippen LogP contribution in [0.5, 0.6) is 0 Å². The minimum Gasteiger partial charge on any atom is -0.296 e. The average molecular weight is 304 g/mol. The Kier molecular flexibility index (Phi) is 3.33. The number of hydrogen-bond donors (Lipinski definition) is 0. The molecule has 0 saturated carbocycles. The zero-order valence-corrected chi connectivity index (χ0v) is 12.4. The highest BCUT2D eigenvalue weighted by atomic mass is 32.1. The molecule has 108 valence electrons. The Bertz CT molecular complexity index is 739. The van der Waals surface area contributed by atoms with Gasteiger partial charge in [-0.05, 0) is 12.1 Å². The summed E-state index contributed by atoms with van der Waals surface area (Å²) in [6.07, 6.45) is 0. The molecular weight excluding hydrogens is 291 g/mol. The predicted molar refractivity (Wildman–Crippen MR) is 78.1 cm³/mol. The van der Waals surface area contributed by atoms with Crippen molar-refractivity contribution in [3.05, 3.63) is 45.7 Å². The fourth-order valence-corrected chi connectivity index (χ4v) is 3.11. The van der Waals surface area contributed by atoms with Crippen LogP contribution in [0.15, 0.2) is 23.6 Å². The number of halogens is 1. The lowest BCUT2D eigenvalue weighted by Crippen LogP contribution is -2.29. The van der Waals surface area contributed by atoms with Gasteiger partial charge in [-0.25, -0.2) is 9.37 Å². The van der Waals surface area contributed by atoms with E-state index in [4.69, 9.17) is 0 Å². The molecule has 0 aliphatic carbocycles.